The van der Waals surface area contributed by atoms with Crippen molar-refractivity contribution < 1.29 is 0 Å². The molecule has 0 heterocycles. The molecule has 0 saturated carbocycles. The third-order valence-corrected chi connectivity index (χ3v) is 14.1. The smallest absolute Gasteiger partial charge is 0.0714 e. The van der Waals surface area contributed by atoms with Gasteiger partial charge in [-0.05, 0) is 121 Å². The van der Waals surface area contributed by atoms with E-state index in [9.17, 15) is 0 Å². The summed E-state index contributed by atoms with van der Waals surface area (Å²) >= 11 is 0. The predicted octanol–water partition coefficient (Wildman–Crippen LogP) is 16.2. The Morgan fingerprint density at radius 1 is 0.297 bits per heavy atom. The number of fused-ring (bicyclic) bond motifs is 6. The first-order chi connectivity index (χ1) is 31.6. The summed E-state index contributed by atoms with van der Waals surface area (Å²) in [5.41, 5.74) is 21.6. The molecular weight excluding hydrogens is 771 g/mol. The Hall–Kier alpha value is -8.00. The van der Waals surface area contributed by atoms with Gasteiger partial charge in [-0.1, -0.05) is 218 Å². The van der Waals surface area contributed by atoms with Gasteiger partial charge in [-0.2, -0.15) is 0 Å². The van der Waals surface area contributed by atoms with Crippen LogP contribution in [0.25, 0.3) is 44.5 Å². The molecule has 0 spiro atoms. The molecule has 302 valence electrons. The molecule has 10 aromatic rings. The minimum absolute atomic E-state index is 0.259. The van der Waals surface area contributed by atoms with Crippen LogP contribution in [0.15, 0.2) is 255 Å². The maximum absolute atomic E-state index is 2.46. The van der Waals surface area contributed by atoms with Crippen LogP contribution >= 0.6 is 0 Å². The van der Waals surface area contributed by atoms with Gasteiger partial charge < -0.3 is 4.90 Å². The van der Waals surface area contributed by atoms with Crippen molar-refractivity contribution in [3.05, 3.63) is 294 Å². The summed E-state index contributed by atoms with van der Waals surface area (Å²) in [7, 11) is 0. The van der Waals surface area contributed by atoms with Crippen LogP contribution in [0.4, 0.5) is 17.1 Å². The lowest BCUT2D eigenvalue weighted by Crippen LogP contribution is -2.28. The van der Waals surface area contributed by atoms with E-state index in [0.29, 0.717) is 0 Å². The number of benzene rings is 10. The quantitative estimate of drug-likeness (QED) is 0.148. The van der Waals surface area contributed by atoms with E-state index in [2.05, 4.69) is 267 Å². The zero-order valence-corrected chi connectivity index (χ0v) is 35.7. The van der Waals surface area contributed by atoms with E-state index in [1.54, 1.807) is 0 Å². The molecule has 1 nitrogen and oxygen atoms in total. The first kappa shape index (κ1) is 37.7. The lowest BCUT2D eigenvalue weighted by molar-refractivity contribution is 0.714. The standard InChI is InChI=1S/C63H45N/c1-62(48-21-8-3-9-22-48)56-29-16-14-27-53(56)54-42-37-47(43-59(54)62)46-35-40-52(41-36-46)64(51-38-33-45(34-39-51)44-19-6-2-7-20-44)60-32-18-31-58-61(60)55-28-15-17-30-57(55)63(58,49-23-10-4-11-24-49)50-25-12-5-13-26-50/h2-43H,1H3. The van der Waals surface area contributed by atoms with Crippen LogP contribution in [0.5, 0.6) is 0 Å². The van der Waals surface area contributed by atoms with Gasteiger partial charge in [0.2, 0.25) is 0 Å². The second-order valence-corrected chi connectivity index (χ2v) is 17.3. The summed E-state index contributed by atoms with van der Waals surface area (Å²) < 4.78 is 0. The fourth-order valence-corrected chi connectivity index (χ4v) is 11.1. The lowest BCUT2D eigenvalue weighted by atomic mass is 9.68. The summed E-state index contributed by atoms with van der Waals surface area (Å²) in [6.07, 6.45) is 0. The SMILES string of the molecule is CC1(c2ccccc2)c2ccccc2-c2ccc(-c3ccc(N(c4ccc(-c5ccccc5)cc4)c4cccc5c4-c4ccccc4C5(c4ccccc4)c4ccccc4)cc3)cc21. The first-order valence-corrected chi connectivity index (χ1v) is 22.3. The van der Waals surface area contributed by atoms with Crippen molar-refractivity contribution in [2.24, 2.45) is 0 Å². The van der Waals surface area contributed by atoms with Crippen molar-refractivity contribution >= 4 is 17.1 Å². The predicted molar refractivity (Wildman–Crippen MR) is 267 cm³/mol. The van der Waals surface area contributed by atoms with E-state index >= 15 is 0 Å². The van der Waals surface area contributed by atoms with Crippen molar-refractivity contribution in [1.82, 2.24) is 0 Å². The number of rotatable bonds is 8. The van der Waals surface area contributed by atoms with Crippen LogP contribution in [0, 0.1) is 0 Å². The van der Waals surface area contributed by atoms with Crippen molar-refractivity contribution in [3.63, 3.8) is 0 Å². The number of hydrogen-bond donors (Lipinski definition) is 0. The van der Waals surface area contributed by atoms with Gasteiger partial charge in [0.05, 0.1) is 11.1 Å². The second-order valence-electron chi connectivity index (χ2n) is 17.3. The Morgan fingerprint density at radius 3 is 1.34 bits per heavy atom. The summed E-state index contributed by atoms with van der Waals surface area (Å²) in [6, 6.07) is 94.0. The highest BCUT2D eigenvalue weighted by Crippen LogP contribution is 2.60. The van der Waals surface area contributed by atoms with Gasteiger partial charge in [0, 0.05) is 22.4 Å². The third-order valence-electron chi connectivity index (χ3n) is 14.1. The van der Waals surface area contributed by atoms with Gasteiger partial charge in [0.15, 0.2) is 0 Å². The third kappa shape index (κ3) is 5.71. The molecular formula is C63H45N. The van der Waals surface area contributed by atoms with Gasteiger partial charge >= 0.3 is 0 Å². The van der Waals surface area contributed by atoms with Gasteiger partial charge in [-0.25, -0.2) is 0 Å². The molecule has 0 bridgehead atoms. The maximum Gasteiger partial charge on any atom is 0.0714 e. The molecule has 2 aliphatic carbocycles. The fourth-order valence-electron chi connectivity index (χ4n) is 11.1. The highest BCUT2D eigenvalue weighted by atomic mass is 15.1. The van der Waals surface area contributed by atoms with Crippen LogP contribution in [-0.2, 0) is 10.8 Å². The normalized spacial score (nSPS) is 15.1. The fraction of sp³-hybridized carbons (Fsp3) is 0.0476. The average Bonchev–Trinajstić information content (AvgIpc) is 3.83. The Balaban J connectivity index is 1.03. The van der Waals surface area contributed by atoms with Crippen LogP contribution in [-0.4, -0.2) is 0 Å². The molecule has 1 atom stereocenters. The number of hydrogen-bond acceptors (Lipinski definition) is 1. The molecule has 2 aliphatic rings. The Kier molecular flexibility index (Phi) is 8.91. The van der Waals surface area contributed by atoms with Gasteiger partial charge in [-0.15, -0.1) is 0 Å². The van der Waals surface area contributed by atoms with Crippen molar-refractivity contribution in [1.29, 1.82) is 0 Å². The number of nitrogens with zero attached hydrogens (tertiary/aromatic N) is 1. The van der Waals surface area contributed by atoms with E-state index < -0.39 is 5.41 Å². The van der Waals surface area contributed by atoms with Crippen LogP contribution < -0.4 is 4.90 Å². The van der Waals surface area contributed by atoms with Crippen molar-refractivity contribution in [2.45, 2.75) is 17.8 Å². The molecule has 0 saturated heterocycles. The van der Waals surface area contributed by atoms with Crippen LogP contribution in [0.3, 0.4) is 0 Å². The minimum Gasteiger partial charge on any atom is -0.310 e. The van der Waals surface area contributed by atoms with E-state index in [1.807, 2.05) is 0 Å². The van der Waals surface area contributed by atoms with Crippen LogP contribution in [0.1, 0.15) is 45.9 Å². The average molecular weight is 816 g/mol. The Morgan fingerprint density at radius 2 is 0.734 bits per heavy atom. The van der Waals surface area contributed by atoms with E-state index in [1.165, 1.54) is 83.5 Å². The number of anilines is 3. The molecule has 12 rings (SSSR count). The molecule has 1 unspecified atom stereocenters. The van der Waals surface area contributed by atoms with Gasteiger partial charge in [0.1, 0.15) is 0 Å². The van der Waals surface area contributed by atoms with Crippen molar-refractivity contribution in [2.75, 3.05) is 4.90 Å². The summed E-state index contributed by atoms with van der Waals surface area (Å²) in [6.45, 7) is 2.39. The monoisotopic (exact) mass is 815 g/mol. The highest BCUT2D eigenvalue weighted by Gasteiger charge is 2.47. The molecule has 10 aromatic carbocycles. The molecule has 0 amide bonds. The molecule has 0 aromatic heterocycles. The van der Waals surface area contributed by atoms with E-state index in [0.717, 1.165) is 17.1 Å². The van der Waals surface area contributed by atoms with Gasteiger partial charge in [0.25, 0.3) is 0 Å². The second kappa shape index (κ2) is 15.1. The first-order valence-electron chi connectivity index (χ1n) is 22.3. The zero-order valence-electron chi connectivity index (χ0n) is 35.7. The van der Waals surface area contributed by atoms with Crippen LogP contribution in [0.2, 0.25) is 0 Å². The highest BCUT2D eigenvalue weighted by molar-refractivity contribution is 5.98. The summed E-state index contributed by atoms with van der Waals surface area (Å²) in [5, 5.41) is 0. The largest absolute Gasteiger partial charge is 0.310 e. The Labute approximate surface area is 376 Å². The van der Waals surface area contributed by atoms with Gasteiger partial charge in [-0.3, -0.25) is 0 Å². The molecule has 0 radical (unpaired) electrons. The van der Waals surface area contributed by atoms with E-state index in [4.69, 9.17) is 0 Å². The molecule has 64 heavy (non-hydrogen) atoms. The molecule has 1 heteroatoms. The zero-order chi connectivity index (χ0) is 42.7. The maximum atomic E-state index is 2.46. The molecule has 0 aliphatic heterocycles. The summed E-state index contributed by atoms with van der Waals surface area (Å²) in [5.74, 6) is 0. The minimum atomic E-state index is -0.501. The molecule has 0 N–H and O–H groups in total. The molecule has 0 fully saturated rings. The van der Waals surface area contributed by atoms with Crippen molar-refractivity contribution in [3.8, 4) is 44.5 Å². The topological polar surface area (TPSA) is 3.24 Å². The summed E-state index contributed by atoms with van der Waals surface area (Å²) in [4.78, 5) is 2.46. The van der Waals surface area contributed by atoms with E-state index in [-0.39, 0.29) is 5.41 Å². The Bertz CT molecular complexity index is 3260. The lowest BCUT2D eigenvalue weighted by Gasteiger charge is -2.34.